The summed E-state index contributed by atoms with van der Waals surface area (Å²) in [5.74, 6) is 0. The molecule has 39 heavy (non-hydrogen) atoms. The molecule has 0 spiro atoms. The third-order valence-corrected chi connectivity index (χ3v) is 6.38. The Morgan fingerprint density at radius 2 is 1.62 bits per heavy atom. The summed E-state index contributed by atoms with van der Waals surface area (Å²) >= 11 is 0. The number of nitrogens with one attached hydrogen (secondary N) is 2. The first-order valence-electron chi connectivity index (χ1n) is 13.3. The quantitative estimate of drug-likeness (QED) is 0.156. The van der Waals surface area contributed by atoms with Crippen molar-refractivity contribution in [2.45, 2.75) is 97.2 Å². The van der Waals surface area contributed by atoms with Gasteiger partial charge in [0, 0.05) is 24.3 Å². The van der Waals surface area contributed by atoms with Crippen LogP contribution in [-0.4, -0.2) is 12.1 Å². The number of alkyl halides is 6. The molecule has 218 valence electrons. The lowest BCUT2D eigenvalue weighted by atomic mass is 10.0. The maximum Gasteiger partial charge on any atom is 0.416 e. The molecule has 0 aromatic heterocycles. The van der Waals surface area contributed by atoms with Crippen molar-refractivity contribution in [3.05, 3.63) is 95.3 Å². The molecule has 0 aliphatic carbocycles. The largest absolute Gasteiger partial charge is 0.416 e. The minimum Gasteiger partial charge on any atom is -0.385 e. The second kappa shape index (κ2) is 16.4. The summed E-state index contributed by atoms with van der Waals surface area (Å²) < 4.78 is 78.4. The molecule has 2 atom stereocenters. The summed E-state index contributed by atoms with van der Waals surface area (Å²) in [4.78, 5) is 0. The highest BCUT2D eigenvalue weighted by atomic mass is 19.4. The summed E-state index contributed by atoms with van der Waals surface area (Å²) in [5, 5.41) is 6.55. The van der Waals surface area contributed by atoms with Gasteiger partial charge in [0.25, 0.3) is 0 Å². The van der Waals surface area contributed by atoms with Gasteiger partial charge in [-0.2, -0.15) is 26.3 Å². The average molecular weight is 557 g/mol. The van der Waals surface area contributed by atoms with E-state index in [0.29, 0.717) is 24.2 Å². The Hall–Kier alpha value is -2.74. The van der Waals surface area contributed by atoms with Gasteiger partial charge in [-0.3, -0.25) is 0 Å². The van der Waals surface area contributed by atoms with Gasteiger partial charge in [0.2, 0.25) is 0 Å². The van der Waals surface area contributed by atoms with Gasteiger partial charge >= 0.3 is 12.4 Å². The van der Waals surface area contributed by atoms with Gasteiger partial charge in [0.05, 0.1) is 11.1 Å². The normalized spacial score (nSPS) is 14.9. The first-order valence-corrected chi connectivity index (χ1v) is 13.3. The Balaban J connectivity index is 2.55. The summed E-state index contributed by atoms with van der Waals surface area (Å²) in [5.41, 5.74) is 0.287. The molecule has 0 saturated heterocycles. The number of rotatable bonds is 16. The van der Waals surface area contributed by atoms with Gasteiger partial charge in [0.15, 0.2) is 0 Å². The SMILES string of the molecule is C=C\C=C/C(=C\C)/C=C(\C)CCC(C)NC(CC)CCCC(=C)NCc1cc(C(F)(F)F)cc(C(F)(F)F)c1. The predicted molar refractivity (Wildman–Crippen MR) is 149 cm³/mol. The molecule has 2 nitrogen and oxygen atoms in total. The smallest absolute Gasteiger partial charge is 0.385 e. The Labute approximate surface area is 229 Å². The molecule has 0 heterocycles. The van der Waals surface area contributed by atoms with Crippen molar-refractivity contribution in [2.75, 3.05) is 0 Å². The van der Waals surface area contributed by atoms with Gasteiger partial charge in [-0.05, 0) is 88.6 Å². The second-order valence-corrected chi connectivity index (χ2v) is 9.85. The van der Waals surface area contributed by atoms with Crippen molar-refractivity contribution >= 4 is 0 Å². The molecule has 0 fully saturated rings. The molecule has 2 N–H and O–H groups in total. The molecule has 2 unspecified atom stereocenters. The first kappa shape index (κ1) is 34.3. The minimum atomic E-state index is -4.86. The average Bonchev–Trinajstić information content (AvgIpc) is 2.86. The van der Waals surface area contributed by atoms with Crippen LogP contribution in [0.25, 0.3) is 0 Å². The molecule has 1 aromatic carbocycles. The third-order valence-electron chi connectivity index (χ3n) is 6.38. The van der Waals surface area contributed by atoms with Crippen LogP contribution in [0.15, 0.2) is 78.6 Å². The van der Waals surface area contributed by atoms with E-state index in [1.54, 1.807) is 6.08 Å². The number of allylic oxidation sites excluding steroid dienone is 8. The van der Waals surface area contributed by atoms with Crippen molar-refractivity contribution in [3.8, 4) is 0 Å². The van der Waals surface area contributed by atoms with E-state index in [2.05, 4.69) is 56.7 Å². The van der Waals surface area contributed by atoms with Crippen molar-refractivity contribution in [3.63, 3.8) is 0 Å². The molecule has 0 saturated carbocycles. The third kappa shape index (κ3) is 13.8. The van der Waals surface area contributed by atoms with Gasteiger partial charge in [-0.25, -0.2) is 0 Å². The number of hydrogen-bond acceptors (Lipinski definition) is 2. The Morgan fingerprint density at radius 1 is 1.00 bits per heavy atom. The van der Waals surface area contributed by atoms with E-state index in [4.69, 9.17) is 0 Å². The van der Waals surface area contributed by atoms with E-state index in [1.165, 1.54) is 5.57 Å². The van der Waals surface area contributed by atoms with Gasteiger partial charge < -0.3 is 10.6 Å². The molecular formula is C31H42F6N2. The molecule has 0 radical (unpaired) electrons. The number of halogens is 6. The standard InChI is InChI=1S/C31H42F6N2/c1-7-10-13-25(8-2)17-22(4)15-16-24(6)39-29(9-3)14-11-12-23(5)38-21-26-18-27(30(32,33)34)20-28(19-26)31(35,36)37/h7-8,10,13,17-20,24,29,38-39H,1,5,9,11-12,14-16,21H2,2-4,6H3/b13-10-,22-17+,25-8+. The zero-order valence-corrected chi connectivity index (χ0v) is 23.4. The highest BCUT2D eigenvalue weighted by molar-refractivity contribution is 5.34. The topological polar surface area (TPSA) is 24.1 Å². The fourth-order valence-electron chi connectivity index (χ4n) is 4.10. The van der Waals surface area contributed by atoms with Gasteiger partial charge in [-0.1, -0.05) is 56.0 Å². The highest BCUT2D eigenvalue weighted by Gasteiger charge is 2.36. The van der Waals surface area contributed by atoms with E-state index in [1.807, 2.05) is 19.1 Å². The van der Waals surface area contributed by atoms with E-state index >= 15 is 0 Å². The first-order chi connectivity index (χ1) is 18.2. The summed E-state index contributed by atoms with van der Waals surface area (Å²) in [6.45, 7) is 15.8. The zero-order chi connectivity index (χ0) is 29.6. The van der Waals surface area contributed by atoms with Crippen LogP contribution in [0, 0.1) is 0 Å². The minimum absolute atomic E-state index is 0.0946. The molecule has 8 heteroatoms. The molecule has 0 aliphatic heterocycles. The molecule has 0 amide bonds. The van der Waals surface area contributed by atoms with Crippen LogP contribution in [0.5, 0.6) is 0 Å². The molecule has 0 aliphatic rings. The molecule has 1 rings (SSSR count). The van der Waals surface area contributed by atoms with Crippen molar-refractivity contribution in [1.82, 2.24) is 10.6 Å². The second-order valence-electron chi connectivity index (χ2n) is 9.85. The lowest BCUT2D eigenvalue weighted by Gasteiger charge is -2.23. The summed E-state index contributed by atoms with van der Waals surface area (Å²) in [6.07, 6.45) is 5.34. The van der Waals surface area contributed by atoms with Crippen LogP contribution < -0.4 is 10.6 Å². The lowest BCUT2D eigenvalue weighted by molar-refractivity contribution is -0.143. The van der Waals surface area contributed by atoms with E-state index in [9.17, 15) is 26.3 Å². The van der Waals surface area contributed by atoms with E-state index in [-0.39, 0.29) is 18.2 Å². The van der Waals surface area contributed by atoms with Crippen molar-refractivity contribution in [1.29, 1.82) is 0 Å². The fraction of sp³-hybridized carbons (Fsp3) is 0.484. The highest BCUT2D eigenvalue weighted by Crippen LogP contribution is 2.36. The maximum absolute atomic E-state index is 13.1. The predicted octanol–water partition coefficient (Wildman–Crippen LogP) is 9.67. The fourth-order valence-corrected chi connectivity index (χ4v) is 4.10. The molecule has 1 aromatic rings. The van der Waals surface area contributed by atoms with Crippen LogP contribution in [-0.2, 0) is 18.9 Å². The summed E-state index contributed by atoms with van der Waals surface area (Å²) in [7, 11) is 0. The van der Waals surface area contributed by atoms with Crippen LogP contribution in [0.3, 0.4) is 0 Å². The van der Waals surface area contributed by atoms with Crippen LogP contribution >= 0.6 is 0 Å². The van der Waals surface area contributed by atoms with E-state index in [0.717, 1.165) is 49.8 Å². The molecular weight excluding hydrogens is 514 g/mol. The van der Waals surface area contributed by atoms with Gasteiger partial charge in [0.1, 0.15) is 0 Å². The van der Waals surface area contributed by atoms with Crippen LogP contribution in [0.2, 0.25) is 0 Å². The number of hydrogen-bond donors (Lipinski definition) is 2. The van der Waals surface area contributed by atoms with Crippen LogP contribution in [0.4, 0.5) is 26.3 Å². The monoisotopic (exact) mass is 556 g/mol. The van der Waals surface area contributed by atoms with Crippen molar-refractivity contribution in [2.24, 2.45) is 0 Å². The van der Waals surface area contributed by atoms with Crippen LogP contribution in [0.1, 0.15) is 82.9 Å². The molecule has 0 bridgehead atoms. The lowest BCUT2D eigenvalue weighted by Crippen LogP contribution is -2.36. The Kier molecular flexibility index (Phi) is 14.4. The van der Waals surface area contributed by atoms with Crippen molar-refractivity contribution < 1.29 is 26.3 Å². The number of benzene rings is 1. The van der Waals surface area contributed by atoms with E-state index < -0.39 is 23.5 Å². The van der Waals surface area contributed by atoms with Gasteiger partial charge in [-0.15, -0.1) is 0 Å². The zero-order valence-electron chi connectivity index (χ0n) is 23.4. The maximum atomic E-state index is 13.1. The summed E-state index contributed by atoms with van der Waals surface area (Å²) in [6, 6.07) is 2.23. The Morgan fingerprint density at radius 3 is 2.13 bits per heavy atom. The Bertz CT molecular complexity index is 983.